The molecule has 4 rings (SSSR count). The number of piperidine rings is 1. The molecule has 1 aliphatic heterocycles. The molecular formula is C22H23FN2O3. The minimum atomic E-state index is -0.346. The molecule has 5 nitrogen and oxygen atoms in total. The number of pyridine rings is 1. The predicted octanol–water partition coefficient (Wildman–Crippen LogP) is 3.96. The first kappa shape index (κ1) is 18.5. The van der Waals surface area contributed by atoms with Gasteiger partial charge >= 0.3 is 0 Å². The summed E-state index contributed by atoms with van der Waals surface area (Å²) in [4.78, 5) is 28.1. The molecule has 3 heterocycles. The molecule has 0 spiro atoms. The summed E-state index contributed by atoms with van der Waals surface area (Å²) in [6, 6.07) is 7.84. The van der Waals surface area contributed by atoms with E-state index in [1.54, 1.807) is 31.3 Å². The minimum absolute atomic E-state index is 0.150. The Morgan fingerprint density at radius 1 is 1.32 bits per heavy atom. The molecule has 0 aliphatic carbocycles. The number of rotatable bonds is 3. The normalized spacial score (nSPS) is 17.2. The van der Waals surface area contributed by atoms with Crippen molar-refractivity contribution in [3.8, 4) is 0 Å². The van der Waals surface area contributed by atoms with Crippen LogP contribution in [-0.4, -0.2) is 28.5 Å². The molecule has 2 aromatic heterocycles. The van der Waals surface area contributed by atoms with Crippen LogP contribution in [0.25, 0.3) is 11.0 Å². The molecule has 0 N–H and O–H groups in total. The largest absolute Gasteiger partial charge is 0.460 e. The van der Waals surface area contributed by atoms with Crippen LogP contribution in [0.1, 0.15) is 41.4 Å². The first-order chi connectivity index (χ1) is 13.4. The van der Waals surface area contributed by atoms with Gasteiger partial charge in [-0.1, -0.05) is 19.1 Å². The van der Waals surface area contributed by atoms with Crippen LogP contribution in [0.3, 0.4) is 0 Å². The van der Waals surface area contributed by atoms with Gasteiger partial charge < -0.3 is 13.9 Å². The van der Waals surface area contributed by atoms with Gasteiger partial charge in [-0.15, -0.1) is 0 Å². The molecule has 6 heteroatoms. The Labute approximate surface area is 162 Å². The van der Waals surface area contributed by atoms with Gasteiger partial charge in [0, 0.05) is 19.3 Å². The van der Waals surface area contributed by atoms with E-state index in [9.17, 15) is 14.0 Å². The maximum atomic E-state index is 13.5. The number of aryl methyl sites for hydroxylation is 1. The first-order valence-electron chi connectivity index (χ1n) is 9.60. The summed E-state index contributed by atoms with van der Waals surface area (Å²) < 4.78 is 20.7. The van der Waals surface area contributed by atoms with E-state index in [4.69, 9.17) is 4.42 Å². The molecule has 1 atom stereocenters. The molecule has 1 amide bonds. The Kier molecular flexibility index (Phi) is 4.79. The summed E-state index contributed by atoms with van der Waals surface area (Å²) >= 11 is 0. The lowest BCUT2D eigenvalue weighted by Crippen LogP contribution is -2.39. The molecule has 0 bridgehead atoms. The molecule has 1 aromatic carbocycles. The van der Waals surface area contributed by atoms with Crippen molar-refractivity contribution in [3.05, 3.63) is 69.6 Å². The molecule has 1 fully saturated rings. The number of furan rings is 1. The van der Waals surface area contributed by atoms with Gasteiger partial charge in [0.25, 0.3) is 11.5 Å². The second-order valence-corrected chi connectivity index (χ2v) is 7.65. The van der Waals surface area contributed by atoms with E-state index in [1.807, 2.05) is 4.90 Å². The van der Waals surface area contributed by atoms with Gasteiger partial charge in [0.2, 0.25) is 0 Å². The minimum Gasteiger partial charge on any atom is -0.460 e. The average molecular weight is 382 g/mol. The number of aromatic nitrogens is 1. The Morgan fingerprint density at radius 2 is 2.14 bits per heavy atom. The van der Waals surface area contributed by atoms with Crippen LogP contribution in [0, 0.1) is 18.7 Å². The fourth-order valence-electron chi connectivity index (χ4n) is 4.01. The average Bonchev–Trinajstić information content (AvgIpc) is 3.00. The van der Waals surface area contributed by atoms with E-state index in [2.05, 4.69) is 6.92 Å². The van der Waals surface area contributed by atoms with Crippen molar-refractivity contribution in [2.24, 2.45) is 5.92 Å². The van der Waals surface area contributed by atoms with Crippen LogP contribution in [0.15, 0.2) is 45.7 Å². The quantitative estimate of drug-likeness (QED) is 0.689. The second-order valence-electron chi connectivity index (χ2n) is 7.65. The summed E-state index contributed by atoms with van der Waals surface area (Å²) in [6.45, 7) is 5.46. The van der Waals surface area contributed by atoms with Crippen molar-refractivity contribution >= 4 is 16.9 Å². The van der Waals surface area contributed by atoms with Crippen LogP contribution < -0.4 is 5.56 Å². The highest BCUT2D eigenvalue weighted by Crippen LogP contribution is 2.26. The van der Waals surface area contributed by atoms with Gasteiger partial charge in [0.1, 0.15) is 17.2 Å². The zero-order chi connectivity index (χ0) is 19.8. The van der Waals surface area contributed by atoms with Crippen LogP contribution in [0.4, 0.5) is 4.39 Å². The van der Waals surface area contributed by atoms with Crippen molar-refractivity contribution in [2.75, 3.05) is 13.1 Å². The molecule has 0 saturated carbocycles. The van der Waals surface area contributed by atoms with E-state index in [0.717, 1.165) is 12.8 Å². The third kappa shape index (κ3) is 3.35. The lowest BCUT2D eigenvalue weighted by Gasteiger charge is -2.30. The molecule has 0 radical (unpaired) electrons. The SMILES string of the molecule is Cc1oc2ccn(Cc3cccc(F)c3)c(=O)c2c1C(=O)N1CCC[C@H](C)C1. The fraction of sp³-hybridized carbons (Fsp3) is 0.364. The van der Waals surface area contributed by atoms with E-state index in [0.29, 0.717) is 46.9 Å². The number of fused-ring (bicyclic) bond motifs is 1. The second kappa shape index (κ2) is 7.26. The van der Waals surface area contributed by atoms with E-state index in [1.165, 1.54) is 16.7 Å². The third-order valence-electron chi connectivity index (χ3n) is 5.39. The van der Waals surface area contributed by atoms with Gasteiger partial charge in [-0.2, -0.15) is 0 Å². The smallest absolute Gasteiger partial charge is 0.262 e. The number of halogens is 1. The molecule has 0 unspecified atom stereocenters. The maximum absolute atomic E-state index is 13.5. The summed E-state index contributed by atoms with van der Waals surface area (Å²) in [5.41, 5.74) is 1.14. The molecule has 28 heavy (non-hydrogen) atoms. The van der Waals surface area contributed by atoms with Crippen LogP contribution in [0.5, 0.6) is 0 Å². The highest BCUT2D eigenvalue weighted by Gasteiger charge is 2.28. The van der Waals surface area contributed by atoms with Gasteiger partial charge in [-0.25, -0.2) is 4.39 Å². The van der Waals surface area contributed by atoms with Crippen molar-refractivity contribution in [1.29, 1.82) is 0 Å². The molecule has 3 aromatic rings. The number of amides is 1. The number of benzene rings is 1. The van der Waals surface area contributed by atoms with Crippen LogP contribution in [0.2, 0.25) is 0 Å². The van der Waals surface area contributed by atoms with Gasteiger partial charge in [-0.05, 0) is 49.4 Å². The summed E-state index contributed by atoms with van der Waals surface area (Å²) in [5.74, 6) is 0.406. The number of carbonyl (C=O) groups is 1. The Morgan fingerprint density at radius 3 is 2.89 bits per heavy atom. The van der Waals surface area contributed by atoms with Gasteiger partial charge in [0.15, 0.2) is 0 Å². The lowest BCUT2D eigenvalue weighted by molar-refractivity contribution is 0.0683. The number of hydrogen-bond acceptors (Lipinski definition) is 3. The first-order valence-corrected chi connectivity index (χ1v) is 9.60. The number of likely N-dealkylation sites (tertiary alicyclic amines) is 1. The number of carbonyl (C=O) groups excluding carboxylic acids is 1. The highest BCUT2D eigenvalue weighted by atomic mass is 19.1. The Bertz CT molecular complexity index is 1100. The fourth-order valence-corrected chi connectivity index (χ4v) is 4.01. The highest BCUT2D eigenvalue weighted by molar-refractivity contribution is 6.06. The summed E-state index contributed by atoms with van der Waals surface area (Å²) in [7, 11) is 0. The lowest BCUT2D eigenvalue weighted by atomic mass is 9.99. The van der Waals surface area contributed by atoms with Crippen LogP contribution in [-0.2, 0) is 6.54 Å². The monoisotopic (exact) mass is 382 g/mol. The topological polar surface area (TPSA) is 55.5 Å². The standard InChI is InChI=1S/C22H23FN2O3/c1-14-5-4-9-24(12-14)21(26)19-15(2)28-18-8-10-25(22(27)20(18)19)13-16-6-3-7-17(23)11-16/h3,6-8,10-11,14H,4-5,9,12-13H2,1-2H3/t14-/m0/s1. The maximum Gasteiger partial charge on any atom is 0.262 e. The number of hydrogen-bond donors (Lipinski definition) is 0. The van der Waals surface area contributed by atoms with E-state index < -0.39 is 0 Å². The molecule has 1 aliphatic rings. The van der Waals surface area contributed by atoms with Crippen molar-refractivity contribution in [1.82, 2.24) is 9.47 Å². The summed E-state index contributed by atoms with van der Waals surface area (Å²) in [6.07, 6.45) is 3.69. The van der Waals surface area contributed by atoms with Crippen molar-refractivity contribution < 1.29 is 13.6 Å². The van der Waals surface area contributed by atoms with E-state index in [-0.39, 0.29) is 23.8 Å². The third-order valence-corrected chi connectivity index (χ3v) is 5.39. The zero-order valence-corrected chi connectivity index (χ0v) is 16.1. The van der Waals surface area contributed by atoms with Gasteiger partial charge in [0.05, 0.1) is 17.5 Å². The van der Waals surface area contributed by atoms with Crippen molar-refractivity contribution in [2.45, 2.75) is 33.2 Å². The Balaban J connectivity index is 1.76. The van der Waals surface area contributed by atoms with Gasteiger partial charge in [-0.3, -0.25) is 9.59 Å². The number of nitrogens with zero attached hydrogens (tertiary/aromatic N) is 2. The van der Waals surface area contributed by atoms with E-state index >= 15 is 0 Å². The van der Waals surface area contributed by atoms with Crippen LogP contribution >= 0.6 is 0 Å². The molecule has 1 saturated heterocycles. The summed E-state index contributed by atoms with van der Waals surface area (Å²) in [5, 5.41) is 0.305. The Hall–Kier alpha value is -2.89. The zero-order valence-electron chi connectivity index (χ0n) is 16.1. The molecule has 146 valence electrons. The molecular weight excluding hydrogens is 359 g/mol. The van der Waals surface area contributed by atoms with Crippen molar-refractivity contribution in [3.63, 3.8) is 0 Å². The predicted molar refractivity (Wildman–Crippen MR) is 105 cm³/mol.